The predicted molar refractivity (Wildman–Crippen MR) is 73.5 cm³/mol. The number of nitrogens with one attached hydrogen (secondary N) is 1. The van der Waals surface area contributed by atoms with E-state index in [9.17, 15) is 8.42 Å². The van der Waals surface area contributed by atoms with Gasteiger partial charge in [0.15, 0.2) is 9.84 Å². The number of hydrogen-bond donors (Lipinski definition) is 1. The van der Waals surface area contributed by atoms with Gasteiger partial charge in [-0.2, -0.15) is 0 Å². The van der Waals surface area contributed by atoms with Gasteiger partial charge in [0.1, 0.15) is 0 Å². The normalized spacial score (nSPS) is 13.4. The van der Waals surface area contributed by atoms with Crippen LogP contribution in [-0.2, 0) is 16.4 Å². The van der Waals surface area contributed by atoms with E-state index in [2.05, 4.69) is 5.32 Å². The van der Waals surface area contributed by atoms with Crippen LogP contribution in [0, 0.1) is 0 Å². The third-order valence-corrected chi connectivity index (χ3v) is 4.13. The highest BCUT2D eigenvalue weighted by atomic mass is 32.2. The number of benzene rings is 1. The largest absolute Gasteiger partial charge is 0.472 e. The molecule has 0 bridgehead atoms. The topological polar surface area (TPSA) is 59.3 Å². The average molecular weight is 279 g/mol. The molecule has 2 rings (SSSR count). The molecule has 0 aliphatic carbocycles. The molecule has 0 spiro atoms. The molecular formula is C14H17NO3S. The van der Waals surface area contributed by atoms with Crippen LogP contribution >= 0.6 is 0 Å². The van der Waals surface area contributed by atoms with Crippen molar-refractivity contribution in [1.82, 2.24) is 5.32 Å². The van der Waals surface area contributed by atoms with E-state index in [1.54, 1.807) is 24.7 Å². The van der Waals surface area contributed by atoms with Crippen LogP contribution in [0.4, 0.5) is 0 Å². The maximum absolute atomic E-state index is 11.4. The molecule has 0 aliphatic rings. The molecule has 1 N–H and O–H groups in total. The molecule has 1 aromatic heterocycles. The summed E-state index contributed by atoms with van der Waals surface area (Å²) >= 11 is 0. The van der Waals surface area contributed by atoms with Gasteiger partial charge in [0.05, 0.1) is 17.4 Å². The van der Waals surface area contributed by atoms with Gasteiger partial charge in [-0.25, -0.2) is 8.42 Å². The standard InChI is InChI=1S/C14H17NO3S/c1-11(15-9-12-7-8-18-10-12)13-3-5-14(6-4-13)19(2,16)17/h3-8,10-11,15H,9H2,1-2H3. The molecule has 5 heteroatoms. The molecule has 0 saturated carbocycles. The van der Waals surface area contributed by atoms with Crippen molar-refractivity contribution < 1.29 is 12.8 Å². The quantitative estimate of drug-likeness (QED) is 0.913. The second-order valence-corrected chi connectivity index (χ2v) is 6.59. The zero-order chi connectivity index (χ0) is 13.9. The smallest absolute Gasteiger partial charge is 0.175 e. The Morgan fingerprint density at radius 1 is 1.21 bits per heavy atom. The lowest BCUT2D eigenvalue weighted by atomic mass is 10.1. The van der Waals surface area contributed by atoms with Crippen LogP contribution in [0.15, 0.2) is 52.2 Å². The first-order valence-corrected chi connectivity index (χ1v) is 7.90. The summed E-state index contributed by atoms with van der Waals surface area (Å²) in [5.74, 6) is 0. The first-order valence-electron chi connectivity index (χ1n) is 6.01. The minimum atomic E-state index is -3.13. The molecule has 1 atom stereocenters. The Morgan fingerprint density at radius 2 is 1.89 bits per heavy atom. The molecule has 1 aromatic carbocycles. The Morgan fingerprint density at radius 3 is 2.42 bits per heavy atom. The highest BCUT2D eigenvalue weighted by molar-refractivity contribution is 7.90. The van der Waals surface area contributed by atoms with Gasteiger partial charge in [-0.3, -0.25) is 0 Å². The van der Waals surface area contributed by atoms with E-state index in [1.165, 1.54) is 6.26 Å². The Labute approximate surface area is 113 Å². The van der Waals surface area contributed by atoms with Crippen LogP contribution in [0.3, 0.4) is 0 Å². The van der Waals surface area contributed by atoms with Gasteiger partial charge < -0.3 is 9.73 Å². The van der Waals surface area contributed by atoms with Crippen molar-refractivity contribution in [2.45, 2.75) is 24.4 Å². The summed E-state index contributed by atoms with van der Waals surface area (Å²) in [7, 11) is -3.13. The van der Waals surface area contributed by atoms with E-state index in [-0.39, 0.29) is 6.04 Å². The highest BCUT2D eigenvalue weighted by Crippen LogP contribution is 2.16. The summed E-state index contributed by atoms with van der Waals surface area (Å²) < 4.78 is 27.7. The zero-order valence-corrected chi connectivity index (χ0v) is 11.8. The van der Waals surface area contributed by atoms with E-state index >= 15 is 0 Å². The van der Waals surface area contributed by atoms with Gasteiger partial charge in [0.25, 0.3) is 0 Å². The van der Waals surface area contributed by atoms with Gasteiger partial charge in [-0.1, -0.05) is 12.1 Å². The molecule has 0 saturated heterocycles. The number of sulfone groups is 1. The van der Waals surface area contributed by atoms with Gasteiger partial charge in [-0.15, -0.1) is 0 Å². The number of hydrogen-bond acceptors (Lipinski definition) is 4. The van der Waals surface area contributed by atoms with Crippen molar-refractivity contribution in [2.24, 2.45) is 0 Å². The van der Waals surface area contributed by atoms with Crippen molar-refractivity contribution >= 4 is 9.84 Å². The number of furan rings is 1. The lowest BCUT2D eigenvalue weighted by molar-refractivity contribution is 0.546. The summed E-state index contributed by atoms with van der Waals surface area (Å²) in [6.45, 7) is 2.75. The second kappa shape index (κ2) is 5.59. The molecule has 0 fully saturated rings. The molecule has 1 heterocycles. The molecule has 102 valence electrons. The Balaban J connectivity index is 2.01. The Hall–Kier alpha value is -1.59. The van der Waals surface area contributed by atoms with E-state index < -0.39 is 9.84 Å². The Kier molecular flexibility index (Phi) is 4.07. The van der Waals surface area contributed by atoms with Crippen LogP contribution in [-0.4, -0.2) is 14.7 Å². The van der Waals surface area contributed by atoms with Crippen molar-refractivity contribution in [2.75, 3.05) is 6.26 Å². The molecule has 0 radical (unpaired) electrons. The molecule has 1 unspecified atom stereocenters. The van der Waals surface area contributed by atoms with Crippen molar-refractivity contribution in [3.8, 4) is 0 Å². The van der Waals surface area contributed by atoms with Crippen LogP contribution in [0.1, 0.15) is 24.1 Å². The molecule has 0 aliphatic heterocycles. The van der Waals surface area contributed by atoms with Crippen molar-refractivity contribution in [3.05, 3.63) is 54.0 Å². The molecule has 0 amide bonds. The lowest BCUT2D eigenvalue weighted by Gasteiger charge is -2.13. The molecular weight excluding hydrogens is 262 g/mol. The van der Waals surface area contributed by atoms with Gasteiger partial charge in [-0.05, 0) is 30.7 Å². The summed E-state index contributed by atoms with van der Waals surface area (Å²) in [4.78, 5) is 0.346. The fourth-order valence-corrected chi connectivity index (χ4v) is 2.42. The van der Waals surface area contributed by atoms with E-state index in [4.69, 9.17) is 4.42 Å². The minimum absolute atomic E-state index is 0.142. The molecule has 4 nitrogen and oxygen atoms in total. The minimum Gasteiger partial charge on any atom is -0.472 e. The van der Waals surface area contributed by atoms with Crippen LogP contribution in [0.25, 0.3) is 0 Å². The average Bonchev–Trinajstić information content (AvgIpc) is 2.88. The third-order valence-electron chi connectivity index (χ3n) is 3.00. The molecule has 2 aromatic rings. The third kappa shape index (κ3) is 3.68. The predicted octanol–water partition coefficient (Wildman–Crippen LogP) is 2.53. The lowest BCUT2D eigenvalue weighted by Crippen LogP contribution is -2.17. The van der Waals surface area contributed by atoms with Gasteiger partial charge in [0.2, 0.25) is 0 Å². The fraction of sp³-hybridized carbons (Fsp3) is 0.286. The summed E-state index contributed by atoms with van der Waals surface area (Å²) in [5.41, 5.74) is 2.13. The molecule has 19 heavy (non-hydrogen) atoms. The summed E-state index contributed by atoms with van der Waals surface area (Å²) in [5, 5.41) is 3.35. The van der Waals surface area contributed by atoms with E-state index in [0.717, 1.165) is 11.1 Å². The second-order valence-electron chi connectivity index (χ2n) is 4.58. The monoisotopic (exact) mass is 279 g/mol. The maximum atomic E-state index is 11.4. The van der Waals surface area contributed by atoms with Crippen molar-refractivity contribution in [3.63, 3.8) is 0 Å². The Bertz CT molecular complexity index is 615. The van der Waals surface area contributed by atoms with Crippen LogP contribution < -0.4 is 5.32 Å². The van der Waals surface area contributed by atoms with Crippen LogP contribution in [0.5, 0.6) is 0 Å². The first-order chi connectivity index (χ1) is 8.97. The van der Waals surface area contributed by atoms with Gasteiger partial charge in [0, 0.05) is 24.4 Å². The van der Waals surface area contributed by atoms with E-state index in [0.29, 0.717) is 11.4 Å². The van der Waals surface area contributed by atoms with Crippen molar-refractivity contribution in [1.29, 1.82) is 0 Å². The van der Waals surface area contributed by atoms with Gasteiger partial charge >= 0.3 is 0 Å². The highest BCUT2D eigenvalue weighted by Gasteiger charge is 2.09. The number of rotatable bonds is 5. The van der Waals surface area contributed by atoms with Crippen LogP contribution in [0.2, 0.25) is 0 Å². The summed E-state index contributed by atoms with van der Waals surface area (Å²) in [6, 6.07) is 9.00. The fourth-order valence-electron chi connectivity index (χ4n) is 1.79. The zero-order valence-electron chi connectivity index (χ0n) is 11.0. The SMILES string of the molecule is CC(NCc1ccoc1)c1ccc(S(C)(=O)=O)cc1. The summed E-state index contributed by atoms with van der Waals surface area (Å²) in [6.07, 6.45) is 4.55. The first kappa shape index (κ1) is 13.8. The maximum Gasteiger partial charge on any atom is 0.175 e. The van der Waals surface area contributed by atoms with E-state index in [1.807, 2.05) is 25.1 Å².